The van der Waals surface area contributed by atoms with E-state index < -0.39 is 28.5 Å². The highest BCUT2D eigenvalue weighted by atomic mass is 35.5. The first-order valence-corrected chi connectivity index (χ1v) is 15.7. The summed E-state index contributed by atoms with van der Waals surface area (Å²) >= 11 is 6.07. The number of benzene rings is 3. The smallest absolute Gasteiger partial charge is 0.264 e. The Morgan fingerprint density at radius 2 is 1.61 bits per heavy atom. The van der Waals surface area contributed by atoms with Crippen molar-refractivity contribution in [3.8, 4) is 5.75 Å². The van der Waals surface area contributed by atoms with E-state index in [1.165, 1.54) is 17.0 Å². The number of carbonyl (C=O) groups is 2. The van der Waals surface area contributed by atoms with Crippen LogP contribution in [0.2, 0.25) is 5.02 Å². The maximum atomic E-state index is 14.1. The average Bonchev–Trinajstić information content (AvgIpc) is 3.49. The Hall–Kier alpha value is -3.56. The zero-order chi connectivity index (χ0) is 29.4. The van der Waals surface area contributed by atoms with Gasteiger partial charge in [0, 0.05) is 17.6 Å². The average molecular weight is 598 g/mol. The minimum Gasteiger partial charge on any atom is -0.492 e. The van der Waals surface area contributed by atoms with Gasteiger partial charge in [0.05, 0.1) is 17.2 Å². The second kappa shape index (κ2) is 13.9. The SMILES string of the molecule is CCOc1ccccc1N(CC(=O)N(Cc1ccc(Cl)cc1)C(C)C(=O)NC1CCCC1)S(=O)(=O)c1ccccc1. The summed E-state index contributed by atoms with van der Waals surface area (Å²) in [6.45, 7) is 3.35. The molecule has 1 unspecified atom stereocenters. The first kappa shape index (κ1) is 30.4. The van der Waals surface area contributed by atoms with Gasteiger partial charge in [0.25, 0.3) is 10.0 Å². The summed E-state index contributed by atoms with van der Waals surface area (Å²) in [7, 11) is -4.18. The number of amides is 2. The van der Waals surface area contributed by atoms with Crippen LogP contribution < -0.4 is 14.4 Å². The van der Waals surface area contributed by atoms with E-state index in [-0.39, 0.29) is 29.1 Å². The molecule has 1 N–H and O–H groups in total. The van der Waals surface area contributed by atoms with Gasteiger partial charge in [0.15, 0.2) is 0 Å². The van der Waals surface area contributed by atoms with Crippen LogP contribution in [0.4, 0.5) is 5.69 Å². The molecule has 218 valence electrons. The second-order valence-corrected chi connectivity index (χ2v) is 12.3. The Balaban J connectivity index is 1.71. The zero-order valence-corrected chi connectivity index (χ0v) is 24.9. The Bertz CT molecular complexity index is 1430. The second-order valence-electron chi connectivity index (χ2n) is 10.0. The molecule has 0 bridgehead atoms. The lowest BCUT2D eigenvalue weighted by Crippen LogP contribution is -2.52. The number of ether oxygens (including phenoxy) is 1. The number of anilines is 1. The lowest BCUT2D eigenvalue weighted by molar-refractivity contribution is -0.139. The molecule has 0 radical (unpaired) electrons. The lowest BCUT2D eigenvalue weighted by atomic mass is 10.1. The molecular weight excluding hydrogens is 562 g/mol. The van der Waals surface area contributed by atoms with Gasteiger partial charge in [-0.2, -0.15) is 0 Å². The minimum absolute atomic E-state index is 0.0374. The Morgan fingerprint density at radius 1 is 0.976 bits per heavy atom. The number of carbonyl (C=O) groups excluding carboxylic acids is 2. The first-order valence-electron chi connectivity index (χ1n) is 13.8. The fraction of sp³-hybridized carbons (Fsp3) is 0.355. The van der Waals surface area contributed by atoms with Crippen molar-refractivity contribution >= 4 is 39.1 Å². The van der Waals surface area contributed by atoms with Gasteiger partial charge in [-0.05, 0) is 68.7 Å². The predicted octanol–water partition coefficient (Wildman–Crippen LogP) is 5.41. The van der Waals surface area contributed by atoms with E-state index in [2.05, 4.69) is 5.32 Å². The van der Waals surface area contributed by atoms with Gasteiger partial charge in [-0.3, -0.25) is 13.9 Å². The normalized spacial score (nSPS) is 14.3. The summed E-state index contributed by atoms with van der Waals surface area (Å²) in [6, 6.07) is 20.9. The Kier molecular flexibility index (Phi) is 10.3. The van der Waals surface area contributed by atoms with Crippen molar-refractivity contribution < 1.29 is 22.7 Å². The summed E-state index contributed by atoms with van der Waals surface area (Å²) in [5, 5.41) is 3.62. The summed E-state index contributed by atoms with van der Waals surface area (Å²) in [4.78, 5) is 28.9. The topological polar surface area (TPSA) is 96.0 Å². The monoisotopic (exact) mass is 597 g/mol. The van der Waals surface area contributed by atoms with Crippen LogP contribution in [-0.4, -0.2) is 50.4 Å². The van der Waals surface area contributed by atoms with Crippen LogP contribution in [0.1, 0.15) is 45.1 Å². The highest BCUT2D eigenvalue weighted by Gasteiger charge is 2.34. The highest BCUT2D eigenvalue weighted by Crippen LogP contribution is 2.33. The number of nitrogens with zero attached hydrogens (tertiary/aromatic N) is 2. The molecule has 0 spiro atoms. The summed E-state index contributed by atoms with van der Waals surface area (Å²) in [5.41, 5.74) is 0.997. The molecule has 41 heavy (non-hydrogen) atoms. The third kappa shape index (κ3) is 7.59. The quantitative estimate of drug-likeness (QED) is 0.301. The van der Waals surface area contributed by atoms with E-state index in [0.717, 1.165) is 35.6 Å². The van der Waals surface area contributed by atoms with Crippen molar-refractivity contribution in [2.75, 3.05) is 17.5 Å². The molecule has 3 aromatic rings. The molecule has 0 aromatic heterocycles. The Labute approximate surface area is 247 Å². The van der Waals surface area contributed by atoms with Crippen molar-refractivity contribution in [2.45, 2.75) is 63.1 Å². The maximum Gasteiger partial charge on any atom is 0.264 e. The molecule has 1 aliphatic carbocycles. The molecule has 1 aliphatic rings. The van der Waals surface area contributed by atoms with Gasteiger partial charge in [-0.15, -0.1) is 0 Å². The van der Waals surface area contributed by atoms with Crippen LogP contribution in [0.3, 0.4) is 0 Å². The molecule has 8 nitrogen and oxygen atoms in total. The van der Waals surface area contributed by atoms with E-state index in [9.17, 15) is 18.0 Å². The largest absolute Gasteiger partial charge is 0.492 e. The molecule has 10 heteroatoms. The van der Waals surface area contributed by atoms with E-state index >= 15 is 0 Å². The molecular formula is C31H36ClN3O5S. The van der Waals surface area contributed by atoms with Crippen molar-refractivity contribution in [3.63, 3.8) is 0 Å². The van der Waals surface area contributed by atoms with Crippen molar-refractivity contribution in [2.24, 2.45) is 0 Å². The van der Waals surface area contributed by atoms with E-state index in [1.807, 2.05) is 0 Å². The molecule has 3 aromatic carbocycles. The molecule has 4 rings (SSSR count). The van der Waals surface area contributed by atoms with Crippen LogP contribution in [0.5, 0.6) is 5.75 Å². The van der Waals surface area contributed by atoms with Crippen LogP contribution in [0.15, 0.2) is 83.8 Å². The Morgan fingerprint density at radius 3 is 2.27 bits per heavy atom. The third-order valence-electron chi connectivity index (χ3n) is 7.18. The predicted molar refractivity (Wildman–Crippen MR) is 160 cm³/mol. The van der Waals surface area contributed by atoms with Gasteiger partial charge >= 0.3 is 0 Å². The molecule has 0 heterocycles. The molecule has 1 saturated carbocycles. The summed E-state index contributed by atoms with van der Waals surface area (Å²) in [6.07, 6.45) is 3.92. The number of sulfonamides is 1. The number of para-hydroxylation sites is 2. The molecule has 0 saturated heterocycles. The zero-order valence-electron chi connectivity index (χ0n) is 23.3. The summed E-state index contributed by atoms with van der Waals surface area (Å²) < 4.78 is 34.8. The fourth-order valence-electron chi connectivity index (χ4n) is 4.93. The number of hydrogen-bond donors (Lipinski definition) is 1. The standard InChI is InChI=1S/C31H36ClN3O5S/c1-3-40-29-16-10-9-15-28(29)35(41(38,39)27-13-5-4-6-14-27)22-30(36)34(21-24-17-19-25(32)20-18-24)23(2)31(37)33-26-11-7-8-12-26/h4-6,9-10,13-20,23,26H,3,7-8,11-12,21-22H2,1-2H3,(H,33,37). The molecule has 2 amide bonds. The van der Waals surface area contributed by atoms with E-state index in [1.54, 1.807) is 80.6 Å². The number of hydrogen-bond acceptors (Lipinski definition) is 5. The first-order chi connectivity index (χ1) is 19.7. The molecule has 1 atom stereocenters. The van der Waals surface area contributed by atoms with E-state index in [0.29, 0.717) is 17.4 Å². The number of nitrogens with one attached hydrogen (secondary N) is 1. The van der Waals surface area contributed by atoms with Crippen LogP contribution in [-0.2, 0) is 26.2 Å². The van der Waals surface area contributed by atoms with Crippen molar-refractivity contribution in [1.29, 1.82) is 0 Å². The van der Waals surface area contributed by atoms with Crippen molar-refractivity contribution in [3.05, 3.63) is 89.4 Å². The third-order valence-corrected chi connectivity index (χ3v) is 9.20. The maximum absolute atomic E-state index is 14.1. The van der Waals surface area contributed by atoms with Crippen LogP contribution in [0.25, 0.3) is 0 Å². The van der Waals surface area contributed by atoms with Gasteiger partial charge in [0.2, 0.25) is 11.8 Å². The van der Waals surface area contributed by atoms with Crippen LogP contribution in [0, 0.1) is 0 Å². The van der Waals surface area contributed by atoms with Gasteiger partial charge in [-0.25, -0.2) is 8.42 Å². The molecule has 0 aliphatic heterocycles. The van der Waals surface area contributed by atoms with Gasteiger partial charge in [-0.1, -0.05) is 66.9 Å². The van der Waals surface area contributed by atoms with E-state index in [4.69, 9.17) is 16.3 Å². The number of rotatable bonds is 12. The van der Waals surface area contributed by atoms with Crippen molar-refractivity contribution in [1.82, 2.24) is 10.2 Å². The molecule has 1 fully saturated rings. The van der Waals surface area contributed by atoms with Crippen LogP contribution >= 0.6 is 11.6 Å². The lowest BCUT2D eigenvalue weighted by Gasteiger charge is -2.33. The summed E-state index contributed by atoms with van der Waals surface area (Å²) in [5.74, 6) is -0.468. The fourth-order valence-corrected chi connectivity index (χ4v) is 6.51. The van der Waals surface area contributed by atoms with Gasteiger partial charge in [0.1, 0.15) is 18.3 Å². The van der Waals surface area contributed by atoms with Gasteiger partial charge < -0.3 is 15.0 Å². The minimum atomic E-state index is -4.18. The highest BCUT2D eigenvalue weighted by molar-refractivity contribution is 7.92. The number of halogens is 1.